The monoisotopic (exact) mass is 639 g/mol. The van der Waals surface area contributed by atoms with E-state index >= 15 is 0 Å². The van der Waals surface area contributed by atoms with E-state index in [1.54, 1.807) is 42.5 Å². The van der Waals surface area contributed by atoms with Crippen LogP contribution in [0.1, 0.15) is 11.1 Å². The number of carbonyl (C=O) groups excluding carboxylic acids is 2. The van der Waals surface area contributed by atoms with Crippen molar-refractivity contribution in [2.75, 3.05) is 25.0 Å². The molecule has 0 bridgehead atoms. The van der Waals surface area contributed by atoms with Gasteiger partial charge in [-0.05, 0) is 47.5 Å². The lowest BCUT2D eigenvalue weighted by Crippen LogP contribution is -2.53. The number of carbonyl (C=O) groups is 2. The smallest absolute Gasteiger partial charge is 0.264 e. The Morgan fingerprint density at radius 3 is 2.09 bits per heavy atom. The topological polar surface area (TPSA) is 96.0 Å². The summed E-state index contributed by atoms with van der Waals surface area (Å²) < 4.78 is 34.2. The highest BCUT2D eigenvalue weighted by Gasteiger charge is 2.34. The van der Waals surface area contributed by atoms with Crippen molar-refractivity contribution in [3.63, 3.8) is 0 Å². The van der Waals surface area contributed by atoms with Crippen molar-refractivity contribution in [3.8, 4) is 5.75 Å². The van der Waals surface area contributed by atoms with Crippen molar-refractivity contribution in [2.24, 2.45) is 0 Å². The van der Waals surface area contributed by atoms with Crippen LogP contribution < -0.4 is 14.4 Å². The Kier molecular flexibility index (Phi) is 10.7. The lowest BCUT2D eigenvalue weighted by molar-refractivity contribution is -0.139. The van der Waals surface area contributed by atoms with Crippen LogP contribution in [0, 0.1) is 0 Å². The molecule has 0 fully saturated rings. The largest absolute Gasteiger partial charge is 0.495 e. The van der Waals surface area contributed by atoms with Gasteiger partial charge in [-0.2, -0.15) is 0 Å². The predicted molar refractivity (Wildman–Crippen MR) is 169 cm³/mol. The number of nitrogens with zero attached hydrogens (tertiary/aromatic N) is 2. The zero-order valence-electron chi connectivity index (χ0n) is 23.6. The summed E-state index contributed by atoms with van der Waals surface area (Å²) in [4.78, 5) is 29.0. The van der Waals surface area contributed by atoms with E-state index in [1.807, 2.05) is 30.3 Å². The van der Waals surface area contributed by atoms with E-state index in [4.69, 9.17) is 27.9 Å². The molecule has 0 heterocycles. The minimum absolute atomic E-state index is 0.0143. The van der Waals surface area contributed by atoms with E-state index in [1.165, 1.54) is 49.4 Å². The first kappa shape index (κ1) is 31.9. The second-order valence-corrected chi connectivity index (χ2v) is 12.3. The maximum absolute atomic E-state index is 14.3. The van der Waals surface area contributed by atoms with Crippen molar-refractivity contribution in [1.82, 2.24) is 10.2 Å². The number of anilines is 1. The number of hydrogen-bond acceptors (Lipinski definition) is 5. The van der Waals surface area contributed by atoms with Crippen molar-refractivity contribution in [1.29, 1.82) is 0 Å². The fraction of sp³-hybridized carbons (Fsp3) is 0.188. The van der Waals surface area contributed by atoms with Gasteiger partial charge in [0.05, 0.1) is 22.7 Å². The highest BCUT2D eigenvalue weighted by Crippen LogP contribution is 2.32. The molecule has 0 aliphatic carbocycles. The predicted octanol–water partition coefficient (Wildman–Crippen LogP) is 5.58. The molecule has 224 valence electrons. The van der Waals surface area contributed by atoms with Gasteiger partial charge < -0.3 is 15.0 Å². The fourth-order valence-corrected chi connectivity index (χ4v) is 6.46. The first-order chi connectivity index (χ1) is 20.6. The second kappa shape index (κ2) is 14.4. The molecule has 0 radical (unpaired) electrons. The Bertz CT molecular complexity index is 1670. The molecule has 0 saturated carbocycles. The minimum Gasteiger partial charge on any atom is -0.495 e. The van der Waals surface area contributed by atoms with Crippen molar-refractivity contribution in [2.45, 2.75) is 23.9 Å². The van der Waals surface area contributed by atoms with E-state index in [2.05, 4.69) is 5.32 Å². The third-order valence-electron chi connectivity index (χ3n) is 6.85. The summed E-state index contributed by atoms with van der Waals surface area (Å²) in [5.74, 6) is -0.679. The Hall–Kier alpha value is -4.05. The molecule has 2 amide bonds. The Balaban J connectivity index is 1.81. The molecule has 0 saturated heterocycles. The molecule has 0 spiro atoms. The summed E-state index contributed by atoms with van der Waals surface area (Å²) in [6.45, 7) is -0.654. The Labute approximate surface area is 261 Å². The summed E-state index contributed by atoms with van der Waals surface area (Å²) in [6.07, 6.45) is 0.191. The number of amides is 2. The molecule has 1 N–H and O–H groups in total. The van der Waals surface area contributed by atoms with Crippen LogP contribution in [0.4, 0.5) is 5.69 Å². The molecule has 43 heavy (non-hydrogen) atoms. The van der Waals surface area contributed by atoms with Crippen LogP contribution in [0.15, 0.2) is 108 Å². The zero-order valence-corrected chi connectivity index (χ0v) is 25.9. The highest BCUT2D eigenvalue weighted by molar-refractivity contribution is 7.92. The van der Waals surface area contributed by atoms with E-state index < -0.39 is 34.4 Å². The molecule has 4 aromatic rings. The number of methoxy groups -OCH3 is 1. The van der Waals surface area contributed by atoms with Gasteiger partial charge in [0.1, 0.15) is 18.3 Å². The van der Waals surface area contributed by atoms with Gasteiger partial charge in [-0.15, -0.1) is 0 Å². The highest BCUT2D eigenvalue weighted by atomic mass is 35.5. The average molecular weight is 641 g/mol. The number of ether oxygens (including phenoxy) is 1. The molecule has 1 unspecified atom stereocenters. The number of likely N-dealkylation sites (N-methyl/N-ethyl adjacent to an activating group) is 1. The molecule has 4 rings (SSSR count). The minimum atomic E-state index is -4.25. The fourth-order valence-electron chi connectivity index (χ4n) is 4.59. The number of hydrogen-bond donors (Lipinski definition) is 1. The molecular formula is C32H31Cl2N3O5S. The van der Waals surface area contributed by atoms with Crippen LogP contribution in [0.2, 0.25) is 10.0 Å². The number of halogens is 2. The summed E-state index contributed by atoms with van der Waals surface area (Å²) in [6, 6.07) is 27.5. The van der Waals surface area contributed by atoms with Crippen molar-refractivity contribution < 1.29 is 22.7 Å². The molecule has 1 atom stereocenters. The van der Waals surface area contributed by atoms with Gasteiger partial charge in [-0.1, -0.05) is 89.9 Å². The third-order valence-corrected chi connectivity index (χ3v) is 9.30. The van der Waals surface area contributed by atoms with Crippen LogP contribution in [-0.2, 0) is 32.6 Å². The first-order valence-corrected chi connectivity index (χ1v) is 15.5. The SMILES string of the molecule is CNC(=O)C(Cc1ccccc1)N(Cc1ccccc1Cl)C(=O)CN(c1ccc(OC)c(Cl)c1)S(=O)(=O)c1ccccc1. The number of rotatable bonds is 12. The zero-order chi connectivity index (χ0) is 31.0. The standard InChI is InChI=1S/C32H31Cl2N3O5S/c1-35-32(39)29(19-23-11-5-3-6-12-23)36(21-24-13-9-10-16-27(24)33)31(38)22-37(25-17-18-30(42-2)28(34)20-25)43(40,41)26-14-7-4-8-15-26/h3-18,20,29H,19,21-22H2,1-2H3,(H,35,39). The van der Waals surface area contributed by atoms with E-state index in [0.29, 0.717) is 16.3 Å². The first-order valence-electron chi connectivity index (χ1n) is 13.4. The normalized spacial score (nSPS) is 11.8. The number of nitrogens with one attached hydrogen (secondary N) is 1. The maximum atomic E-state index is 14.3. The molecular weight excluding hydrogens is 609 g/mol. The van der Waals surface area contributed by atoms with Gasteiger partial charge in [0.25, 0.3) is 10.0 Å². The van der Waals surface area contributed by atoms with E-state index in [-0.39, 0.29) is 28.6 Å². The maximum Gasteiger partial charge on any atom is 0.264 e. The average Bonchev–Trinajstić information content (AvgIpc) is 3.02. The lowest BCUT2D eigenvalue weighted by Gasteiger charge is -2.33. The van der Waals surface area contributed by atoms with E-state index in [9.17, 15) is 18.0 Å². The van der Waals surface area contributed by atoms with Crippen LogP contribution in [0.3, 0.4) is 0 Å². The second-order valence-electron chi connectivity index (χ2n) is 9.58. The third kappa shape index (κ3) is 7.67. The van der Waals surface area contributed by atoms with Gasteiger partial charge in [-0.3, -0.25) is 13.9 Å². The molecule has 0 aliphatic rings. The van der Waals surface area contributed by atoms with Crippen LogP contribution in [-0.4, -0.2) is 51.9 Å². The summed E-state index contributed by atoms with van der Waals surface area (Å²) >= 11 is 12.9. The number of sulfonamides is 1. The molecule has 8 nitrogen and oxygen atoms in total. The summed E-state index contributed by atoms with van der Waals surface area (Å²) in [5.41, 5.74) is 1.58. The van der Waals surface area contributed by atoms with Gasteiger partial charge >= 0.3 is 0 Å². The molecule has 4 aromatic carbocycles. The number of benzene rings is 4. The van der Waals surface area contributed by atoms with Crippen LogP contribution in [0.5, 0.6) is 5.75 Å². The molecule has 0 aliphatic heterocycles. The Morgan fingerprint density at radius 1 is 0.860 bits per heavy atom. The lowest BCUT2D eigenvalue weighted by atomic mass is 10.0. The summed E-state index contributed by atoms with van der Waals surface area (Å²) in [7, 11) is -1.32. The van der Waals surface area contributed by atoms with Gasteiger partial charge in [-0.25, -0.2) is 8.42 Å². The van der Waals surface area contributed by atoms with Crippen LogP contribution >= 0.6 is 23.2 Å². The van der Waals surface area contributed by atoms with Gasteiger partial charge in [0.2, 0.25) is 11.8 Å². The summed E-state index contributed by atoms with van der Waals surface area (Å²) in [5, 5.41) is 3.23. The molecule has 11 heteroatoms. The van der Waals surface area contributed by atoms with Crippen LogP contribution in [0.25, 0.3) is 0 Å². The van der Waals surface area contributed by atoms with Crippen molar-refractivity contribution in [3.05, 3.63) is 124 Å². The Morgan fingerprint density at radius 2 is 1.49 bits per heavy atom. The quantitative estimate of drug-likeness (QED) is 0.218. The van der Waals surface area contributed by atoms with E-state index in [0.717, 1.165) is 9.87 Å². The van der Waals surface area contributed by atoms with Crippen molar-refractivity contribution >= 4 is 50.7 Å². The van der Waals surface area contributed by atoms with Gasteiger partial charge in [0, 0.05) is 25.0 Å². The molecule has 0 aromatic heterocycles. The van der Waals surface area contributed by atoms with Gasteiger partial charge in [0.15, 0.2) is 0 Å².